The molecule has 1 N–H and O–H groups in total. The van der Waals surface area contributed by atoms with Gasteiger partial charge in [-0.3, -0.25) is 18.9 Å². The topological polar surface area (TPSA) is 154 Å². The van der Waals surface area contributed by atoms with Crippen molar-refractivity contribution in [1.29, 1.82) is 5.26 Å². The second-order valence-electron chi connectivity index (χ2n) is 10.2. The number of aromatic amines is 1. The van der Waals surface area contributed by atoms with Crippen LogP contribution in [-0.4, -0.2) is 77.2 Å². The van der Waals surface area contributed by atoms with E-state index in [0.717, 1.165) is 0 Å². The second-order valence-corrected chi connectivity index (χ2v) is 13.8. The maximum absolute atomic E-state index is 13.6. The summed E-state index contributed by atoms with van der Waals surface area (Å²) < 4.78 is 53.4. The zero-order chi connectivity index (χ0) is 29.6. The first-order valence-corrected chi connectivity index (χ1v) is 16.4. The Bertz CT molecular complexity index is 1150. The minimum atomic E-state index is -3.42. The number of aromatic nitrogens is 2. The summed E-state index contributed by atoms with van der Waals surface area (Å²) in [7, 11) is -3.62. The number of rotatable bonds is 16. The van der Waals surface area contributed by atoms with Crippen molar-refractivity contribution in [3.63, 3.8) is 0 Å². The lowest BCUT2D eigenvalue weighted by atomic mass is 10.1. The molecule has 0 bridgehead atoms. The number of nitrogens with one attached hydrogen (secondary N) is 1. The molecule has 4 unspecified atom stereocenters. The molecule has 226 valence electrons. The Morgan fingerprint density at radius 2 is 1.85 bits per heavy atom. The van der Waals surface area contributed by atoms with Gasteiger partial charge in [0, 0.05) is 37.4 Å². The fourth-order valence-corrected chi connectivity index (χ4v) is 9.21. The van der Waals surface area contributed by atoms with E-state index < -0.39 is 57.6 Å². The SMILES string of the molecule is CCOP(=O)(OCC)C1CC1[C@H]1O[C@@H](n2ccc(=O)[nH]c2=O)[C@@H](OC)C1OP(OCCC#N)N(C(C)C)C(C)C. The lowest BCUT2D eigenvalue weighted by Crippen LogP contribution is -2.41. The Balaban J connectivity index is 2.02. The Kier molecular flexibility index (Phi) is 12.1. The summed E-state index contributed by atoms with van der Waals surface area (Å²) in [5, 5.41) is 9.10. The molecule has 13 nitrogen and oxygen atoms in total. The van der Waals surface area contributed by atoms with Crippen molar-refractivity contribution in [2.45, 2.75) is 96.7 Å². The third-order valence-electron chi connectivity index (χ3n) is 6.75. The van der Waals surface area contributed by atoms with Gasteiger partial charge in [-0.2, -0.15) is 5.26 Å². The molecule has 0 radical (unpaired) electrons. The van der Waals surface area contributed by atoms with Crippen molar-refractivity contribution in [3.05, 3.63) is 33.1 Å². The van der Waals surface area contributed by atoms with Gasteiger partial charge in [-0.1, -0.05) is 0 Å². The van der Waals surface area contributed by atoms with E-state index in [0.29, 0.717) is 6.42 Å². The lowest BCUT2D eigenvalue weighted by molar-refractivity contribution is -0.0571. The molecule has 2 heterocycles. The van der Waals surface area contributed by atoms with E-state index in [2.05, 4.69) is 15.7 Å². The highest BCUT2D eigenvalue weighted by Crippen LogP contribution is 2.68. The zero-order valence-electron chi connectivity index (χ0n) is 24.2. The number of methoxy groups -OCH3 is 1. The van der Waals surface area contributed by atoms with Crippen molar-refractivity contribution in [2.75, 3.05) is 26.9 Å². The van der Waals surface area contributed by atoms with Gasteiger partial charge in [0.25, 0.3) is 14.1 Å². The molecular formula is C25H42N4O9P2. The maximum Gasteiger partial charge on any atom is 0.334 e. The van der Waals surface area contributed by atoms with Crippen LogP contribution in [0.3, 0.4) is 0 Å². The van der Waals surface area contributed by atoms with Crippen LogP contribution in [0.15, 0.2) is 21.9 Å². The van der Waals surface area contributed by atoms with E-state index >= 15 is 0 Å². The quantitative estimate of drug-likeness (QED) is 0.217. The number of ether oxygens (including phenoxy) is 2. The first-order chi connectivity index (χ1) is 19.0. The largest absolute Gasteiger partial charge is 0.374 e. The fourth-order valence-electron chi connectivity index (χ4n) is 5.14. The first kappa shape index (κ1) is 33.1. The van der Waals surface area contributed by atoms with Crippen molar-refractivity contribution in [1.82, 2.24) is 14.2 Å². The highest BCUT2D eigenvalue weighted by molar-refractivity contribution is 7.55. The molecule has 0 aromatic carbocycles. The van der Waals surface area contributed by atoms with Gasteiger partial charge in [-0.25, -0.2) is 9.46 Å². The minimum absolute atomic E-state index is 0.0531. The number of H-pyrrole nitrogens is 1. The van der Waals surface area contributed by atoms with Gasteiger partial charge >= 0.3 is 13.3 Å². The van der Waals surface area contributed by atoms with Crippen LogP contribution in [0.2, 0.25) is 0 Å². The van der Waals surface area contributed by atoms with Crippen LogP contribution in [0.4, 0.5) is 0 Å². The highest BCUT2D eigenvalue weighted by atomic mass is 31.2. The van der Waals surface area contributed by atoms with Crippen molar-refractivity contribution in [3.8, 4) is 6.07 Å². The van der Waals surface area contributed by atoms with Gasteiger partial charge in [0.15, 0.2) is 6.23 Å². The Morgan fingerprint density at radius 1 is 1.20 bits per heavy atom. The van der Waals surface area contributed by atoms with Crippen molar-refractivity contribution >= 4 is 16.1 Å². The van der Waals surface area contributed by atoms with E-state index in [4.69, 9.17) is 32.8 Å². The smallest absolute Gasteiger partial charge is 0.334 e. The minimum Gasteiger partial charge on any atom is -0.374 e. The summed E-state index contributed by atoms with van der Waals surface area (Å²) in [6, 6.07) is 3.43. The van der Waals surface area contributed by atoms with Crippen LogP contribution in [0, 0.1) is 17.2 Å². The van der Waals surface area contributed by atoms with Crippen LogP contribution in [0.25, 0.3) is 0 Å². The third kappa shape index (κ3) is 7.49. The van der Waals surface area contributed by atoms with E-state index in [1.165, 1.54) is 23.9 Å². The molecule has 1 aliphatic heterocycles. The summed E-state index contributed by atoms with van der Waals surface area (Å²) in [6.07, 6.45) is -1.06. The Hall–Kier alpha value is -1.45. The normalized spacial score (nSPS) is 27.4. The van der Waals surface area contributed by atoms with Crippen molar-refractivity contribution in [2.24, 2.45) is 5.92 Å². The molecule has 1 aromatic rings. The molecular weight excluding hydrogens is 562 g/mol. The number of nitrogens with zero attached hydrogens (tertiary/aromatic N) is 3. The molecule has 40 heavy (non-hydrogen) atoms. The molecule has 1 saturated heterocycles. The molecule has 0 amide bonds. The second kappa shape index (κ2) is 14.6. The van der Waals surface area contributed by atoms with Gasteiger partial charge in [0.1, 0.15) is 12.2 Å². The van der Waals surface area contributed by atoms with Crippen LogP contribution in [0.5, 0.6) is 0 Å². The first-order valence-electron chi connectivity index (χ1n) is 13.7. The van der Waals surface area contributed by atoms with Gasteiger partial charge in [-0.15, -0.1) is 0 Å². The van der Waals surface area contributed by atoms with Gasteiger partial charge in [0.05, 0.1) is 44.1 Å². The third-order valence-corrected chi connectivity index (χ3v) is 11.5. The number of hydrogen-bond donors (Lipinski definition) is 1. The average molecular weight is 605 g/mol. The lowest BCUT2D eigenvalue weighted by Gasteiger charge is -2.38. The molecule has 1 aliphatic carbocycles. The maximum atomic E-state index is 13.6. The number of hydrogen-bond acceptors (Lipinski definition) is 11. The molecule has 7 atom stereocenters. The van der Waals surface area contributed by atoms with Gasteiger partial charge in [-0.05, 0) is 48.0 Å². The molecule has 1 saturated carbocycles. The van der Waals surface area contributed by atoms with E-state index in [1.54, 1.807) is 13.8 Å². The van der Waals surface area contributed by atoms with Gasteiger partial charge in [0.2, 0.25) is 0 Å². The molecule has 0 spiro atoms. The Morgan fingerprint density at radius 3 is 2.38 bits per heavy atom. The average Bonchev–Trinajstić information content (AvgIpc) is 3.60. The molecule has 2 fully saturated rings. The number of nitriles is 1. The summed E-state index contributed by atoms with van der Waals surface area (Å²) >= 11 is 0. The summed E-state index contributed by atoms with van der Waals surface area (Å²) in [5.74, 6) is -0.266. The summed E-state index contributed by atoms with van der Waals surface area (Å²) in [6.45, 7) is 12.3. The monoisotopic (exact) mass is 604 g/mol. The van der Waals surface area contributed by atoms with E-state index in [1.807, 2.05) is 27.7 Å². The van der Waals surface area contributed by atoms with Crippen LogP contribution in [-0.2, 0) is 32.1 Å². The van der Waals surface area contributed by atoms with Gasteiger partial charge < -0.3 is 27.6 Å². The summed E-state index contributed by atoms with van der Waals surface area (Å²) in [5.41, 5.74) is -1.60. The fraction of sp³-hybridized carbons (Fsp3) is 0.800. The molecule has 15 heteroatoms. The Labute approximate surface area is 236 Å². The predicted octanol–water partition coefficient (Wildman–Crippen LogP) is 3.76. The molecule has 1 aromatic heterocycles. The van der Waals surface area contributed by atoms with Crippen LogP contribution >= 0.6 is 16.1 Å². The summed E-state index contributed by atoms with van der Waals surface area (Å²) in [4.78, 5) is 26.7. The zero-order valence-corrected chi connectivity index (χ0v) is 26.0. The standard InChI is InChI=1S/C25H42N4O9P2/c1-8-35-40(32,36-9-2)19-15-18(19)21-22(38-39(34-14-10-12-26)29(16(3)4)17(5)6)23(33-7)24(37-21)28-13-11-20(30)27-25(28)31/h11,13,16-19,21-24H,8-10,14-15H2,1-7H3,(H,27,30,31)/t18?,19?,21-,22?,23+,24-,39?/m1/s1. The van der Waals surface area contributed by atoms with Crippen LogP contribution in [0.1, 0.15) is 60.6 Å². The van der Waals surface area contributed by atoms with Crippen molar-refractivity contribution < 1.29 is 32.1 Å². The van der Waals surface area contributed by atoms with Crippen LogP contribution < -0.4 is 11.2 Å². The van der Waals surface area contributed by atoms with E-state index in [9.17, 15) is 14.2 Å². The predicted molar refractivity (Wildman–Crippen MR) is 149 cm³/mol. The molecule has 3 rings (SSSR count). The van der Waals surface area contributed by atoms with E-state index in [-0.39, 0.29) is 44.2 Å². The highest BCUT2D eigenvalue weighted by Gasteiger charge is 2.63. The molecule has 2 aliphatic rings.